The summed E-state index contributed by atoms with van der Waals surface area (Å²) in [6.07, 6.45) is 16.7. The zero-order valence-electron chi connectivity index (χ0n) is 24.3. The highest BCUT2D eigenvalue weighted by molar-refractivity contribution is 5.69. The first-order valence-corrected chi connectivity index (χ1v) is 15.6. The third-order valence-corrected chi connectivity index (χ3v) is 7.11. The monoisotopic (exact) mass is 544 g/mol. The Labute approximate surface area is 232 Å². The Bertz CT molecular complexity index is 529. The van der Waals surface area contributed by atoms with Crippen LogP contribution in [0.15, 0.2) is 0 Å². The summed E-state index contributed by atoms with van der Waals surface area (Å²) in [5.74, 6) is -0.136. The number of hydrogen-bond acceptors (Lipinski definition) is 9. The second-order valence-electron chi connectivity index (χ2n) is 10.5. The van der Waals surface area contributed by atoms with Crippen LogP contribution >= 0.6 is 0 Å². The quantitative estimate of drug-likeness (QED) is 0.0651. The van der Waals surface area contributed by atoms with Crippen LogP contribution in [0, 0.1) is 0 Å². The van der Waals surface area contributed by atoms with Gasteiger partial charge >= 0.3 is 5.97 Å². The molecule has 1 fully saturated rings. The highest BCUT2D eigenvalue weighted by Crippen LogP contribution is 2.19. The molecule has 1 rings (SSSR count). The van der Waals surface area contributed by atoms with E-state index in [0.717, 1.165) is 32.5 Å². The maximum Gasteiger partial charge on any atom is 0.306 e. The molecule has 0 aromatic heterocycles. The first kappa shape index (κ1) is 35.2. The minimum Gasteiger partial charge on any atom is -0.458 e. The van der Waals surface area contributed by atoms with Crippen molar-refractivity contribution in [2.24, 2.45) is 0 Å². The third kappa shape index (κ3) is 19.3. The SMILES string of the molecule is CCCCCCCCCCCCCCCC(=O)O[C@@H]1[C@@H](NCCNCCO)CO[C@@H]1CNCCNCCO. The van der Waals surface area contributed by atoms with Gasteiger partial charge in [-0.2, -0.15) is 0 Å². The summed E-state index contributed by atoms with van der Waals surface area (Å²) in [6, 6.07) is -0.0409. The van der Waals surface area contributed by atoms with Crippen LogP contribution < -0.4 is 21.3 Å². The van der Waals surface area contributed by atoms with E-state index >= 15 is 0 Å². The lowest BCUT2D eigenvalue weighted by Crippen LogP contribution is -2.48. The number of rotatable bonds is 28. The van der Waals surface area contributed by atoms with E-state index in [2.05, 4.69) is 28.2 Å². The van der Waals surface area contributed by atoms with Crippen LogP contribution in [-0.2, 0) is 14.3 Å². The van der Waals surface area contributed by atoms with Crippen molar-refractivity contribution >= 4 is 5.97 Å². The van der Waals surface area contributed by atoms with Gasteiger partial charge in [0.15, 0.2) is 0 Å². The van der Waals surface area contributed by atoms with Gasteiger partial charge in [0.25, 0.3) is 0 Å². The fourth-order valence-corrected chi connectivity index (χ4v) is 4.86. The van der Waals surface area contributed by atoms with E-state index in [1.165, 1.54) is 70.6 Å². The van der Waals surface area contributed by atoms with Crippen LogP contribution in [0.5, 0.6) is 0 Å². The third-order valence-electron chi connectivity index (χ3n) is 7.11. The van der Waals surface area contributed by atoms with Crippen molar-refractivity contribution in [1.82, 2.24) is 21.3 Å². The Morgan fingerprint density at radius 1 is 0.737 bits per heavy atom. The summed E-state index contributed by atoms with van der Waals surface area (Å²) in [7, 11) is 0. The van der Waals surface area contributed by atoms with Crippen molar-refractivity contribution < 1.29 is 24.5 Å². The molecule has 1 saturated heterocycles. The van der Waals surface area contributed by atoms with Crippen LogP contribution in [0.2, 0.25) is 0 Å². The molecule has 0 saturated carbocycles. The first-order chi connectivity index (χ1) is 18.7. The van der Waals surface area contributed by atoms with Gasteiger partial charge < -0.3 is 41.0 Å². The number of unbranched alkanes of at least 4 members (excludes halogenated alkanes) is 12. The van der Waals surface area contributed by atoms with Gasteiger partial charge in [0.05, 0.1) is 25.9 Å². The zero-order chi connectivity index (χ0) is 27.5. The van der Waals surface area contributed by atoms with Crippen LogP contribution in [0.4, 0.5) is 0 Å². The molecule has 226 valence electrons. The molecule has 1 aliphatic heterocycles. The predicted molar refractivity (Wildman–Crippen MR) is 155 cm³/mol. The molecule has 0 aromatic rings. The minimum atomic E-state index is -0.319. The Morgan fingerprint density at radius 2 is 1.26 bits per heavy atom. The highest BCUT2D eigenvalue weighted by Gasteiger charge is 2.39. The smallest absolute Gasteiger partial charge is 0.306 e. The normalized spacial score (nSPS) is 19.3. The molecule has 0 unspecified atom stereocenters. The van der Waals surface area contributed by atoms with Crippen LogP contribution in [0.3, 0.4) is 0 Å². The van der Waals surface area contributed by atoms with E-state index in [4.69, 9.17) is 19.7 Å². The topological polar surface area (TPSA) is 124 Å². The summed E-state index contributed by atoms with van der Waals surface area (Å²) >= 11 is 0. The van der Waals surface area contributed by atoms with Gasteiger partial charge in [-0.1, -0.05) is 84.0 Å². The van der Waals surface area contributed by atoms with Gasteiger partial charge in [0, 0.05) is 52.2 Å². The Kier molecular flexibility index (Phi) is 24.5. The lowest BCUT2D eigenvalue weighted by Gasteiger charge is -2.24. The van der Waals surface area contributed by atoms with Crippen molar-refractivity contribution in [2.45, 2.75) is 115 Å². The molecule has 9 heteroatoms. The molecule has 1 aliphatic rings. The number of aliphatic hydroxyl groups excluding tert-OH is 2. The number of ether oxygens (including phenoxy) is 2. The number of nitrogens with one attached hydrogen (secondary N) is 4. The van der Waals surface area contributed by atoms with E-state index in [-0.39, 0.29) is 37.4 Å². The summed E-state index contributed by atoms with van der Waals surface area (Å²) < 4.78 is 11.9. The van der Waals surface area contributed by atoms with E-state index in [9.17, 15) is 4.79 Å². The van der Waals surface area contributed by atoms with Crippen molar-refractivity contribution in [3.63, 3.8) is 0 Å². The molecule has 1 heterocycles. The maximum absolute atomic E-state index is 12.7. The number of carbonyl (C=O) groups excluding carboxylic acids is 1. The minimum absolute atomic E-state index is 0.0409. The number of hydrogen-bond donors (Lipinski definition) is 6. The average molecular weight is 545 g/mol. The van der Waals surface area contributed by atoms with Gasteiger partial charge in [-0.15, -0.1) is 0 Å². The number of carbonyl (C=O) groups is 1. The largest absolute Gasteiger partial charge is 0.458 e. The molecule has 0 aromatic carbocycles. The predicted octanol–water partition coefficient (Wildman–Crippen LogP) is 2.49. The molecule has 0 spiro atoms. The maximum atomic E-state index is 12.7. The molecule has 9 nitrogen and oxygen atoms in total. The Balaban J connectivity index is 2.22. The molecule has 0 radical (unpaired) electrons. The first-order valence-electron chi connectivity index (χ1n) is 15.6. The van der Waals surface area contributed by atoms with E-state index in [1.807, 2.05) is 0 Å². The number of aliphatic hydroxyl groups is 2. The molecule has 3 atom stereocenters. The summed E-state index contributed by atoms with van der Waals surface area (Å²) in [4.78, 5) is 12.7. The van der Waals surface area contributed by atoms with Crippen molar-refractivity contribution in [2.75, 3.05) is 65.6 Å². The van der Waals surface area contributed by atoms with Crippen LogP contribution in [0.1, 0.15) is 96.8 Å². The molecule has 0 amide bonds. The average Bonchev–Trinajstić information content (AvgIpc) is 3.29. The van der Waals surface area contributed by atoms with Crippen molar-refractivity contribution in [3.8, 4) is 0 Å². The van der Waals surface area contributed by atoms with E-state index in [1.54, 1.807) is 0 Å². The summed E-state index contributed by atoms with van der Waals surface area (Å²) in [6.45, 7) is 7.73. The van der Waals surface area contributed by atoms with Gasteiger partial charge in [-0.3, -0.25) is 4.79 Å². The Hall–Kier alpha value is -0.810. The molecule has 38 heavy (non-hydrogen) atoms. The zero-order valence-corrected chi connectivity index (χ0v) is 24.3. The standard InChI is InChI=1S/C29H60N4O5/c1-2-3-4-5-6-7-8-9-10-11-12-13-14-15-28(36)38-29-26(33-19-18-31-21-23-35)25-37-27(29)24-32-17-16-30-20-22-34/h26-27,29-35H,2-25H2,1H3/t26-,27+,29+/m0/s1. The van der Waals surface area contributed by atoms with Crippen LogP contribution in [-0.4, -0.2) is 100 Å². The molecular formula is C29H60N4O5. The molecule has 6 N–H and O–H groups in total. The second-order valence-corrected chi connectivity index (χ2v) is 10.5. The molecule has 0 aliphatic carbocycles. The summed E-state index contributed by atoms with van der Waals surface area (Å²) in [5.41, 5.74) is 0. The molecular weight excluding hydrogens is 484 g/mol. The second kappa shape index (κ2) is 26.4. The van der Waals surface area contributed by atoms with E-state index < -0.39 is 0 Å². The fraction of sp³-hybridized carbons (Fsp3) is 0.966. The van der Waals surface area contributed by atoms with Gasteiger partial charge in [0.2, 0.25) is 0 Å². The summed E-state index contributed by atoms with van der Waals surface area (Å²) in [5, 5.41) is 30.9. The van der Waals surface area contributed by atoms with Gasteiger partial charge in [-0.25, -0.2) is 0 Å². The number of esters is 1. The van der Waals surface area contributed by atoms with Gasteiger partial charge in [-0.05, 0) is 6.42 Å². The lowest BCUT2D eigenvalue weighted by molar-refractivity contribution is -0.152. The Morgan fingerprint density at radius 3 is 1.84 bits per heavy atom. The van der Waals surface area contributed by atoms with E-state index in [0.29, 0.717) is 39.2 Å². The lowest BCUT2D eigenvalue weighted by atomic mass is 10.0. The van der Waals surface area contributed by atoms with Gasteiger partial charge in [0.1, 0.15) is 12.2 Å². The fourth-order valence-electron chi connectivity index (χ4n) is 4.86. The van der Waals surface area contributed by atoms with Crippen LogP contribution in [0.25, 0.3) is 0 Å². The van der Waals surface area contributed by atoms with Crippen molar-refractivity contribution in [1.29, 1.82) is 0 Å². The molecule has 0 bridgehead atoms. The highest BCUT2D eigenvalue weighted by atomic mass is 16.6. The van der Waals surface area contributed by atoms with Crippen molar-refractivity contribution in [3.05, 3.63) is 0 Å².